The Labute approximate surface area is 120 Å². The van der Waals surface area contributed by atoms with E-state index in [2.05, 4.69) is 10.5 Å². The molecule has 2 aromatic carbocycles. The van der Waals surface area contributed by atoms with Crippen LogP contribution in [0.2, 0.25) is 5.02 Å². The van der Waals surface area contributed by atoms with Gasteiger partial charge in [-0.05, 0) is 35.9 Å². The second kappa shape index (κ2) is 6.16. The molecule has 0 radical (unpaired) electrons. The van der Waals surface area contributed by atoms with Gasteiger partial charge in [0.15, 0.2) is 0 Å². The number of amides is 1. The van der Waals surface area contributed by atoms with Crippen LogP contribution < -0.4 is 11.2 Å². The third kappa shape index (κ3) is 3.55. The zero-order valence-electron chi connectivity index (χ0n) is 10.3. The van der Waals surface area contributed by atoms with Gasteiger partial charge in [0, 0.05) is 10.7 Å². The Morgan fingerprint density at radius 2 is 2.10 bits per heavy atom. The SMILES string of the molecule is Nc1ccc(Cl)cc1C(=O)NN=Cc1cccc(F)c1. The van der Waals surface area contributed by atoms with Crippen LogP contribution in [0.25, 0.3) is 0 Å². The van der Waals surface area contributed by atoms with Gasteiger partial charge in [0.2, 0.25) is 0 Å². The van der Waals surface area contributed by atoms with Gasteiger partial charge in [-0.1, -0.05) is 23.7 Å². The van der Waals surface area contributed by atoms with Gasteiger partial charge in [-0.2, -0.15) is 5.10 Å². The molecule has 20 heavy (non-hydrogen) atoms. The highest BCUT2D eigenvalue weighted by molar-refractivity contribution is 6.31. The fourth-order valence-corrected chi connectivity index (χ4v) is 1.71. The van der Waals surface area contributed by atoms with Gasteiger partial charge >= 0.3 is 0 Å². The Balaban J connectivity index is 2.07. The normalized spacial score (nSPS) is 10.7. The maximum atomic E-state index is 12.9. The number of carbonyl (C=O) groups is 1. The van der Waals surface area contributed by atoms with Crippen molar-refractivity contribution in [1.29, 1.82) is 0 Å². The first-order chi connectivity index (χ1) is 9.56. The fourth-order valence-electron chi connectivity index (χ4n) is 1.54. The van der Waals surface area contributed by atoms with Crippen LogP contribution in [0.1, 0.15) is 15.9 Å². The summed E-state index contributed by atoms with van der Waals surface area (Å²) < 4.78 is 12.9. The maximum Gasteiger partial charge on any atom is 0.273 e. The van der Waals surface area contributed by atoms with Crippen molar-refractivity contribution in [1.82, 2.24) is 5.43 Å². The topological polar surface area (TPSA) is 67.5 Å². The van der Waals surface area contributed by atoms with Crippen molar-refractivity contribution < 1.29 is 9.18 Å². The van der Waals surface area contributed by atoms with Crippen molar-refractivity contribution in [2.75, 3.05) is 5.73 Å². The first-order valence-corrected chi connectivity index (χ1v) is 6.08. The van der Waals surface area contributed by atoms with Gasteiger partial charge in [0.25, 0.3) is 5.91 Å². The van der Waals surface area contributed by atoms with Gasteiger partial charge in [-0.3, -0.25) is 4.79 Å². The average Bonchev–Trinajstić information content (AvgIpc) is 2.41. The van der Waals surface area contributed by atoms with E-state index in [1.807, 2.05) is 0 Å². The number of nitrogens with two attached hydrogens (primary N) is 1. The lowest BCUT2D eigenvalue weighted by atomic mass is 10.2. The predicted molar refractivity (Wildman–Crippen MR) is 77.3 cm³/mol. The molecule has 2 rings (SSSR count). The van der Waals surface area contributed by atoms with Crippen molar-refractivity contribution in [3.8, 4) is 0 Å². The summed E-state index contributed by atoms with van der Waals surface area (Å²) in [5.74, 6) is -0.864. The van der Waals surface area contributed by atoms with E-state index < -0.39 is 5.91 Å². The molecule has 0 aliphatic carbocycles. The van der Waals surface area contributed by atoms with E-state index in [-0.39, 0.29) is 11.4 Å². The summed E-state index contributed by atoms with van der Waals surface area (Å²) in [6.45, 7) is 0. The Morgan fingerprint density at radius 1 is 1.30 bits per heavy atom. The van der Waals surface area contributed by atoms with Gasteiger partial charge in [-0.25, -0.2) is 9.82 Å². The Morgan fingerprint density at radius 3 is 2.85 bits per heavy atom. The number of rotatable bonds is 3. The van der Waals surface area contributed by atoms with Crippen LogP contribution >= 0.6 is 11.6 Å². The van der Waals surface area contributed by atoms with Crippen LogP contribution in [0.5, 0.6) is 0 Å². The number of nitrogens with zero attached hydrogens (tertiary/aromatic N) is 1. The molecule has 0 aliphatic heterocycles. The second-order valence-electron chi connectivity index (χ2n) is 3.99. The standard InChI is InChI=1S/C14H11ClFN3O/c15-10-4-5-13(17)12(7-10)14(20)19-18-8-9-2-1-3-11(16)6-9/h1-8H,17H2,(H,19,20). The molecule has 0 saturated carbocycles. The Bertz CT molecular complexity index is 673. The predicted octanol–water partition coefficient (Wildman–Crippen LogP) is 2.83. The molecule has 0 unspecified atom stereocenters. The highest BCUT2D eigenvalue weighted by Gasteiger charge is 2.09. The zero-order valence-corrected chi connectivity index (χ0v) is 11.1. The minimum Gasteiger partial charge on any atom is -0.398 e. The molecule has 0 saturated heterocycles. The largest absolute Gasteiger partial charge is 0.398 e. The number of benzene rings is 2. The van der Waals surface area contributed by atoms with Gasteiger partial charge in [-0.15, -0.1) is 0 Å². The molecule has 102 valence electrons. The van der Waals surface area contributed by atoms with Crippen LogP contribution in [0.15, 0.2) is 47.6 Å². The van der Waals surface area contributed by atoms with Crippen molar-refractivity contribution >= 4 is 29.4 Å². The molecule has 0 bridgehead atoms. The van der Waals surface area contributed by atoms with Crippen molar-refractivity contribution in [3.05, 3.63) is 64.4 Å². The molecule has 2 aromatic rings. The highest BCUT2D eigenvalue weighted by Crippen LogP contribution is 2.17. The highest BCUT2D eigenvalue weighted by atomic mass is 35.5. The quantitative estimate of drug-likeness (QED) is 0.519. The third-order valence-corrected chi connectivity index (χ3v) is 2.72. The smallest absolute Gasteiger partial charge is 0.273 e. The lowest BCUT2D eigenvalue weighted by molar-refractivity contribution is 0.0956. The third-order valence-electron chi connectivity index (χ3n) is 2.49. The van der Waals surface area contributed by atoms with E-state index in [0.717, 1.165) is 0 Å². The van der Waals surface area contributed by atoms with Gasteiger partial charge < -0.3 is 5.73 Å². The number of hydrazone groups is 1. The molecular formula is C14H11ClFN3O. The monoisotopic (exact) mass is 291 g/mol. The number of nitrogen functional groups attached to an aromatic ring is 1. The number of hydrogen-bond acceptors (Lipinski definition) is 3. The Kier molecular flexibility index (Phi) is 4.32. The average molecular weight is 292 g/mol. The van der Waals surface area contributed by atoms with Crippen molar-refractivity contribution in [2.45, 2.75) is 0 Å². The summed E-state index contributed by atoms with van der Waals surface area (Å²) in [6, 6.07) is 10.4. The van der Waals surface area contributed by atoms with Crippen molar-refractivity contribution in [3.63, 3.8) is 0 Å². The molecule has 0 fully saturated rings. The van der Waals surface area contributed by atoms with Crippen LogP contribution in [0.3, 0.4) is 0 Å². The molecule has 0 heterocycles. The van der Waals surface area contributed by atoms with E-state index in [4.69, 9.17) is 17.3 Å². The second-order valence-corrected chi connectivity index (χ2v) is 4.42. The van der Waals surface area contributed by atoms with Crippen molar-refractivity contribution in [2.24, 2.45) is 5.10 Å². The fraction of sp³-hybridized carbons (Fsp3) is 0. The molecule has 0 atom stereocenters. The molecule has 0 aliphatic rings. The zero-order chi connectivity index (χ0) is 14.5. The summed E-state index contributed by atoms with van der Waals surface area (Å²) in [4.78, 5) is 11.8. The van der Waals surface area contributed by atoms with Gasteiger partial charge in [0.05, 0.1) is 11.8 Å². The van der Waals surface area contributed by atoms with Crippen LogP contribution in [-0.4, -0.2) is 12.1 Å². The van der Waals surface area contributed by atoms with E-state index in [1.165, 1.54) is 30.5 Å². The van der Waals surface area contributed by atoms with Gasteiger partial charge in [0.1, 0.15) is 5.82 Å². The summed E-state index contributed by atoms with van der Waals surface area (Å²) in [5, 5.41) is 4.14. The molecule has 0 spiro atoms. The number of carbonyl (C=O) groups excluding carboxylic acids is 1. The molecular weight excluding hydrogens is 281 g/mol. The summed E-state index contributed by atoms with van der Waals surface area (Å²) in [6.07, 6.45) is 1.34. The number of hydrogen-bond donors (Lipinski definition) is 2. The lowest BCUT2D eigenvalue weighted by Gasteiger charge is -2.04. The summed E-state index contributed by atoms with van der Waals surface area (Å²) >= 11 is 5.79. The molecule has 6 heteroatoms. The first kappa shape index (κ1) is 14.0. The van der Waals surface area contributed by atoms with Crippen LogP contribution in [0, 0.1) is 5.82 Å². The Hall–Kier alpha value is -2.40. The maximum absolute atomic E-state index is 12.9. The molecule has 0 aromatic heterocycles. The number of halogens is 2. The van der Waals surface area contributed by atoms with E-state index in [9.17, 15) is 9.18 Å². The van der Waals surface area contributed by atoms with Crippen LogP contribution in [0.4, 0.5) is 10.1 Å². The van der Waals surface area contributed by atoms with E-state index in [1.54, 1.807) is 18.2 Å². The lowest BCUT2D eigenvalue weighted by Crippen LogP contribution is -2.19. The van der Waals surface area contributed by atoms with Crippen LogP contribution in [-0.2, 0) is 0 Å². The van der Waals surface area contributed by atoms with E-state index >= 15 is 0 Å². The first-order valence-electron chi connectivity index (χ1n) is 5.70. The number of nitrogens with one attached hydrogen (secondary N) is 1. The summed E-state index contributed by atoms with van der Waals surface area (Å²) in [5.41, 5.74) is 9.04. The minimum absolute atomic E-state index is 0.230. The molecule has 4 nitrogen and oxygen atoms in total. The summed E-state index contributed by atoms with van der Waals surface area (Å²) in [7, 11) is 0. The molecule has 1 amide bonds. The minimum atomic E-state index is -0.488. The molecule has 3 N–H and O–H groups in total. The van der Waals surface area contributed by atoms with E-state index in [0.29, 0.717) is 16.3 Å². The number of anilines is 1.